The normalized spacial score (nSPS) is 22.8. The van der Waals surface area contributed by atoms with E-state index in [-0.39, 0.29) is 18.9 Å². The molecule has 144 valence electrons. The maximum atomic E-state index is 12.7. The lowest BCUT2D eigenvalue weighted by Gasteiger charge is -2.49. The van der Waals surface area contributed by atoms with Crippen molar-refractivity contribution in [2.75, 3.05) is 19.6 Å². The topological polar surface area (TPSA) is 69.3 Å². The molecule has 1 aromatic heterocycles. The number of nitrogens with zero attached hydrogens (tertiary/aromatic N) is 3. The predicted octanol–water partition coefficient (Wildman–Crippen LogP) is 2.89. The fraction of sp³-hybridized carbons (Fsp3) is 0.650. The Bertz CT molecular complexity index is 677. The summed E-state index contributed by atoms with van der Waals surface area (Å²) in [6, 6.07) is 3.35. The van der Waals surface area contributed by atoms with E-state index in [0.29, 0.717) is 23.6 Å². The highest BCUT2D eigenvalue weighted by atomic mass is 16.2. The van der Waals surface area contributed by atoms with Crippen LogP contribution in [-0.4, -0.2) is 51.6 Å². The third-order valence-electron chi connectivity index (χ3n) is 5.44. The third kappa shape index (κ3) is 4.34. The average Bonchev–Trinajstić information content (AvgIpc) is 2.60. The third-order valence-corrected chi connectivity index (χ3v) is 5.44. The van der Waals surface area contributed by atoms with Gasteiger partial charge in [0.25, 0.3) is 11.5 Å². The lowest BCUT2D eigenvalue weighted by Crippen LogP contribution is -2.54. The molecule has 2 aliphatic heterocycles. The highest BCUT2D eigenvalue weighted by Gasteiger charge is 2.38. The Hall–Kier alpha value is -2.11. The van der Waals surface area contributed by atoms with Crippen LogP contribution < -0.4 is 5.56 Å². The van der Waals surface area contributed by atoms with Crippen LogP contribution in [0.2, 0.25) is 0 Å². The number of amides is 1. The number of carbonyl (C=O) groups is 1. The van der Waals surface area contributed by atoms with Crippen LogP contribution in [0.15, 0.2) is 29.2 Å². The van der Waals surface area contributed by atoms with E-state index in [1.165, 1.54) is 24.3 Å². The van der Waals surface area contributed by atoms with E-state index in [0.717, 1.165) is 38.9 Å². The summed E-state index contributed by atoms with van der Waals surface area (Å²) in [6.07, 6.45) is 4.24. The van der Waals surface area contributed by atoms with E-state index in [9.17, 15) is 9.59 Å². The Morgan fingerprint density at radius 1 is 1.38 bits per heavy atom. The molecule has 6 nitrogen and oxygen atoms in total. The maximum Gasteiger partial charge on any atom is 0.274 e. The van der Waals surface area contributed by atoms with Crippen molar-refractivity contribution in [3.8, 4) is 0 Å². The van der Waals surface area contributed by atoms with E-state index in [1.807, 2.05) is 4.90 Å². The first-order valence-corrected chi connectivity index (χ1v) is 9.25. The summed E-state index contributed by atoms with van der Waals surface area (Å²) in [7, 11) is 0. The number of hydrogen-bond donors (Lipinski definition) is 1. The number of hydrogen-bond acceptors (Lipinski definition) is 4. The standard InChI is InChI=1S/C19H28N4O2.CH4/c1-13(2)8-11-23-14(3)4-5-15-12-22(10-9-17(15)23)19(25)16-6-7-18(24)21-20-16;/h6-7,13,15,17H,3-5,8-12H2,1-2H3,(H,21,24);1H4/t15-,17+;/m1./s1. The molecule has 1 aromatic rings. The molecule has 3 rings (SSSR count). The van der Waals surface area contributed by atoms with Gasteiger partial charge in [-0.3, -0.25) is 9.59 Å². The summed E-state index contributed by atoms with van der Waals surface area (Å²) < 4.78 is 0. The molecule has 26 heavy (non-hydrogen) atoms. The molecule has 0 bridgehead atoms. The molecule has 0 spiro atoms. The number of allylic oxidation sites excluding steroid dienone is 1. The number of piperidine rings is 2. The van der Waals surface area contributed by atoms with Gasteiger partial charge in [-0.1, -0.05) is 27.9 Å². The van der Waals surface area contributed by atoms with Gasteiger partial charge in [0.1, 0.15) is 5.69 Å². The number of rotatable bonds is 4. The largest absolute Gasteiger partial charge is 0.372 e. The van der Waals surface area contributed by atoms with Crippen LogP contribution >= 0.6 is 0 Å². The number of aromatic amines is 1. The second kappa shape index (κ2) is 8.52. The summed E-state index contributed by atoms with van der Waals surface area (Å²) in [6.45, 7) is 11.3. The van der Waals surface area contributed by atoms with Gasteiger partial charge < -0.3 is 9.80 Å². The van der Waals surface area contributed by atoms with Crippen molar-refractivity contribution in [3.05, 3.63) is 40.5 Å². The lowest BCUT2D eigenvalue weighted by atomic mass is 9.82. The minimum atomic E-state index is -0.290. The van der Waals surface area contributed by atoms with Gasteiger partial charge in [-0.15, -0.1) is 0 Å². The van der Waals surface area contributed by atoms with Crippen molar-refractivity contribution < 1.29 is 4.79 Å². The Kier molecular flexibility index (Phi) is 6.62. The molecule has 1 amide bonds. The molecular weight excluding hydrogens is 328 g/mol. The van der Waals surface area contributed by atoms with Crippen molar-refractivity contribution in [1.82, 2.24) is 20.0 Å². The van der Waals surface area contributed by atoms with Crippen molar-refractivity contribution in [2.24, 2.45) is 11.8 Å². The van der Waals surface area contributed by atoms with E-state index >= 15 is 0 Å². The van der Waals surface area contributed by atoms with Crippen LogP contribution in [0.1, 0.15) is 57.4 Å². The van der Waals surface area contributed by atoms with Gasteiger partial charge in [0.05, 0.1) is 0 Å². The molecule has 0 saturated carbocycles. The smallest absolute Gasteiger partial charge is 0.274 e. The van der Waals surface area contributed by atoms with Gasteiger partial charge in [0, 0.05) is 37.4 Å². The molecule has 6 heteroatoms. The highest BCUT2D eigenvalue weighted by molar-refractivity contribution is 5.92. The second-order valence-electron chi connectivity index (χ2n) is 7.65. The summed E-state index contributed by atoms with van der Waals surface area (Å²) in [5.74, 6) is 1.08. The fourth-order valence-electron chi connectivity index (χ4n) is 3.98. The van der Waals surface area contributed by atoms with Gasteiger partial charge in [0.15, 0.2) is 0 Å². The van der Waals surface area contributed by atoms with Crippen molar-refractivity contribution in [3.63, 3.8) is 0 Å². The van der Waals surface area contributed by atoms with Crippen LogP contribution in [0, 0.1) is 11.8 Å². The van der Waals surface area contributed by atoms with Crippen molar-refractivity contribution in [1.29, 1.82) is 0 Å². The first-order valence-electron chi connectivity index (χ1n) is 9.25. The Balaban J connectivity index is 0.00000243. The van der Waals surface area contributed by atoms with E-state index in [2.05, 4.69) is 35.5 Å². The molecule has 2 saturated heterocycles. The van der Waals surface area contributed by atoms with Crippen LogP contribution in [0.3, 0.4) is 0 Å². The number of likely N-dealkylation sites (tertiary alicyclic amines) is 2. The SMILES string of the molecule is C.C=C1CC[C@@H]2CN(C(=O)c3ccc(=O)[nH]n3)CC[C@@H]2N1CCC(C)C. The van der Waals surface area contributed by atoms with Gasteiger partial charge in [-0.2, -0.15) is 5.10 Å². The minimum absolute atomic E-state index is 0. The van der Waals surface area contributed by atoms with Gasteiger partial charge in [-0.25, -0.2) is 5.10 Å². The second-order valence-corrected chi connectivity index (χ2v) is 7.65. The molecule has 0 aliphatic carbocycles. The molecule has 1 N–H and O–H groups in total. The molecule has 2 atom stereocenters. The summed E-state index contributed by atoms with van der Waals surface area (Å²) in [5.41, 5.74) is 1.28. The minimum Gasteiger partial charge on any atom is -0.372 e. The molecular formula is C20H32N4O2. The predicted molar refractivity (Wildman–Crippen MR) is 104 cm³/mol. The van der Waals surface area contributed by atoms with Gasteiger partial charge in [0.2, 0.25) is 0 Å². The number of carbonyl (C=O) groups excluding carboxylic acids is 1. The van der Waals surface area contributed by atoms with E-state index in [1.54, 1.807) is 0 Å². The summed E-state index contributed by atoms with van der Waals surface area (Å²) >= 11 is 0. The Morgan fingerprint density at radius 2 is 2.15 bits per heavy atom. The van der Waals surface area contributed by atoms with Crippen LogP contribution in [-0.2, 0) is 0 Å². The summed E-state index contributed by atoms with van der Waals surface area (Å²) in [5, 5.41) is 6.22. The zero-order chi connectivity index (χ0) is 18.0. The Labute approximate surface area is 156 Å². The Morgan fingerprint density at radius 3 is 2.81 bits per heavy atom. The fourth-order valence-corrected chi connectivity index (χ4v) is 3.98. The number of fused-ring (bicyclic) bond motifs is 1. The highest BCUT2D eigenvalue weighted by Crippen LogP contribution is 2.35. The first kappa shape index (κ1) is 20.2. The molecule has 2 aliphatic rings. The number of nitrogens with one attached hydrogen (secondary N) is 1. The van der Waals surface area contributed by atoms with E-state index in [4.69, 9.17) is 0 Å². The molecule has 0 aromatic carbocycles. The number of H-pyrrole nitrogens is 1. The van der Waals surface area contributed by atoms with Crippen LogP contribution in [0.4, 0.5) is 0 Å². The molecule has 0 radical (unpaired) electrons. The monoisotopic (exact) mass is 360 g/mol. The van der Waals surface area contributed by atoms with Gasteiger partial charge >= 0.3 is 0 Å². The van der Waals surface area contributed by atoms with E-state index < -0.39 is 0 Å². The quantitative estimate of drug-likeness (QED) is 0.896. The van der Waals surface area contributed by atoms with Crippen LogP contribution in [0.25, 0.3) is 0 Å². The molecule has 3 heterocycles. The first-order chi connectivity index (χ1) is 12.0. The van der Waals surface area contributed by atoms with Gasteiger partial charge in [-0.05, 0) is 43.6 Å². The van der Waals surface area contributed by atoms with Crippen molar-refractivity contribution in [2.45, 2.75) is 53.0 Å². The molecule has 0 unspecified atom stereocenters. The number of aromatic nitrogens is 2. The zero-order valence-electron chi connectivity index (χ0n) is 15.2. The molecule has 2 fully saturated rings. The summed E-state index contributed by atoms with van der Waals surface area (Å²) in [4.78, 5) is 28.2. The van der Waals surface area contributed by atoms with Crippen LogP contribution in [0.5, 0.6) is 0 Å². The average molecular weight is 361 g/mol. The lowest BCUT2D eigenvalue weighted by molar-refractivity contribution is 0.0358. The van der Waals surface area contributed by atoms with Crippen molar-refractivity contribution >= 4 is 5.91 Å². The zero-order valence-corrected chi connectivity index (χ0v) is 15.2. The maximum absolute atomic E-state index is 12.7.